The molecule has 1 aliphatic carbocycles. The molecule has 0 bridgehead atoms. The Morgan fingerprint density at radius 1 is 1.22 bits per heavy atom. The van der Waals surface area contributed by atoms with Crippen molar-refractivity contribution in [2.45, 2.75) is 25.7 Å². The lowest BCUT2D eigenvalue weighted by Crippen LogP contribution is -2.07. The Bertz CT molecular complexity index is 745. The number of nitrogens with zero attached hydrogens (tertiary/aromatic N) is 1. The molecule has 1 aliphatic rings. The molecule has 23 heavy (non-hydrogen) atoms. The van der Waals surface area contributed by atoms with Gasteiger partial charge in [0.05, 0.1) is 5.69 Å². The highest BCUT2D eigenvalue weighted by atomic mass is 32.1. The SMILES string of the molecule is CC(=O)Nc1ccc(/C=C/C(=O)Nc2nc(C3CC3)cs2)cc1. The summed E-state index contributed by atoms with van der Waals surface area (Å²) in [5, 5.41) is 8.13. The number of nitrogens with one attached hydrogen (secondary N) is 2. The Hall–Kier alpha value is -2.47. The number of carbonyl (C=O) groups is 2. The lowest BCUT2D eigenvalue weighted by molar-refractivity contribution is -0.114. The van der Waals surface area contributed by atoms with Crippen LogP contribution in [0.4, 0.5) is 10.8 Å². The van der Waals surface area contributed by atoms with Crippen molar-refractivity contribution in [3.05, 3.63) is 47.0 Å². The maximum atomic E-state index is 11.9. The number of rotatable bonds is 5. The molecule has 1 heterocycles. The molecule has 0 unspecified atom stereocenters. The van der Waals surface area contributed by atoms with E-state index in [1.165, 1.54) is 37.2 Å². The van der Waals surface area contributed by atoms with Gasteiger partial charge in [0.15, 0.2) is 5.13 Å². The summed E-state index contributed by atoms with van der Waals surface area (Å²) in [6.07, 6.45) is 5.60. The molecule has 118 valence electrons. The number of amides is 2. The van der Waals surface area contributed by atoms with E-state index in [1.807, 2.05) is 17.5 Å². The van der Waals surface area contributed by atoms with Crippen LogP contribution in [0.25, 0.3) is 6.08 Å². The molecule has 1 aromatic carbocycles. The molecular weight excluding hydrogens is 310 g/mol. The predicted molar refractivity (Wildman–Crippen MR) is 92.5 cm³/mol. The number of thiazole rings is 1. The Morgan fingerprint density at radius 2 is 1.96 bits per heavy atom. The maximum Gasteiger partial charge on any atom is 0.250 e. The van der Waals surface area contributed by atoms with Crippen LogP contribution in [0.3, 0.4) is 0 Å². The second-order valence-corrected chi connectivity index (χ2v) is 6.34. The largest absolute Gasteiger partial charge is 0.326 e. The first-order valence-corrected chi connectivity index (χ1v) is 8.30. The minimum absolute atomic E-state index is 0.110. The number of hydrogen-bond acceptors (Lipinski definition) is 4. The van der Waals surface area contributed by atoms with Crippen LogP contribution < -0.4 is 10.6 Å². The van der Waals surface area contributed by atoms with E-state index in [-0.39, 0.29) is 11.8 Å². The zero-order valence-electron chi connectivity index (χ0n) is 12.7. The van der Waals surface area contributed by atoms with Crippen molar-refractivity contribution in [3.8, 4) is 0 Å². The third-order valence-electron chi connectivity index (χ3n) is 3.41. The van der Waals surface area contributed by atoms with Crippen LogP contribution >= 0.6 is 11.3 Å². The number of aromatic nitrogens is 1. The first-order valence-electron chi connectivity index (χ1n) is 7.42. The Morgan fingerprint density at radius 3 is 2.61 bits per heavy atom. The van der Waals surface area contributed by atoms with Crippen LogP contribution in [0.1, 0.15) is 36.9 Å². The maximum absolute atomic E-state index is 11.9. The molecule has 1 saturated carbocycles. The van der Waals surface area contributed by atoms with E-state index in [9.17, 15) is 9.59 Å². The van der Waals surface area contributed by atoms with Gasteiger partial charge in [-0.05, 0) is 36.6 Å². The first-order chi connectivity index (χ1) is 11.1. The molecule has 2 N–H and O–H groups in total. The second-order valence-electron chi connectivity index (χ2n) is 5.48. The molecule has 0 atom stereocenters. The lowest BCUT2D eigenvalue weighted by atomic mass is 10.2. The van der Waals surface area contributed by atoms with E-state index < -0.39 is 0 Å². The van der Waals surface area contributed by atoms with Gasteiger partial charge in [0, 0.05) is 30.0 Å². The topological polar surface area (TPSA) is 71.1 Å². The number of carbonyl (C=O) groups excluding carboxylic acids is 2. The Labute approximate surface area is 138 Å². The van der Waals surface area contributed by atoms with Crippen molar-refractivity contribution in [2.24, 2.45) is 0 Å². The summed E-state index contributed by atoms with van der Waals surface area (Å²) in [4.78, 5) is 27.3. The fourth-order valence-corrected chi connectivity index (χ4v) is 2.91. The monoisotopic (exact) mass is 327 g/mol. The van der Waals surface area contributed by atoms with Gasteiger partial charge in [0.25, 0.3) is 0 Å². The van der Waals surface area contributed by atoms with Gasteiger partial charge in [-0.1, -0.05) is 12.1 Å². The van der Waals surface area contributed by atoms with Gasteiger partial charge in [-0.25, -0.2) is 4.98 Å². The first kappa shape index (κ1) is 15.4. The van der Waals surface area contributed by atoms with Gasteiger partial charge in [-0.15, -0.1) is 11.3 Å². The molecule has 1 fully saturated rings. The molecule has 0 aliphatic heterocycles. The molecule has 6 heteroatoms. The minimum atomic E-state index is -0.201. The average Bonchev–Trinajstić information content (AvgIpc) is 3.26. The zero-order valence-corrected chi connectivity index (χ0v) is 13.5. The van der Waals surface area contributed by atoms with Crippen LogP contribution in [0.2, 0.25) is 0 Å². The smallest absolute Gasteiger partial charge is 0.250 e. The fraction of sp³-hybridized carbons (Fsp3) is 0.235. The van der Waals surface area contributed by atoms with E-state index in [4.69, 9.17) is 0 Å². The molecule has 2 amide bonds. The molecule has 3 rings (SSSR count). The van der Waals surface area contributed by atoms with Crippen molar-refractivity contribution >= 4 is 40.0 Å². The average molecular weight is 327 g/mol. The highest BCUT2D eigenvalue weighted by Gasteiger charge is 2.26. The Balaban J connectivity index is 1.55. The normalized spacial score (nSPS) is 14.0. The van der Waals surface area contributed by atoms with Crippen LogP contribution in [-0.2, 0) is 9.59 Å². The van der Waals surface area contributed by atoms with Gasteiger partial charge in [0.2, 0.25) is 11.8 Å². The number of hydrogen-bond donors (Lipinski definition) is 2. The van der Waals surface area contributed by atoms with Crippen LogP contribution in [-0.4, -0.2) is 16.8 Å². The second kappa shape index (κ2) is 6.75. The molecule has 5 nitrogen and oxygen atoms in total. The third kappa shape index (κ3) is 4.50. The summed E-state index contributed by atoms with van der Waals surface area (Å²) in [7, 11) is 0. The van der Waals surface area contributed by atoms with E-state index in [0.29, 0.717) is 11.0 Å². The molecule has 1 aromatic heterocycles. The van der Waals surface area contributed by atoms with Crippen LogP contribution in [0, 0.1) is 0 Å². The summed E-state index contributed by atoms with van der Waals surface area (Å²) in [6.45, 7) is 1.46. The van der Waals surface area contributed by atoms with Gasteiger partial charge < -0.3 is 5.32 Å². The van der Waals surface area contributed by atoms with E-state index in [0.717, 1.165) is 16.9 Å². The highest BCUT2D eigenvalue weighted by molar-refractivity contribution is 7.14. The highest BCUT2D eigenvalue weighted by Crippen LogP contribution is 2.40. The van der Waals surface area contributed by atoms with Gasteiger partial charge in [-0.3, -0.25) is 14.9 Å². The van der Waals surface area contributed by atoms with E-state index in [2.05, 4.69) is 15.6 Å². The Kier molecular flexibility index (Phi) is 4.52. The summed E-state index contributed by atoms with van der Waals surface area (Å²) in [6, 6.07) is 7.26. The summed E-state index contributed by atoms with van der Waals surface area (Å²) in [5.74, 6) is 0.281. The van der Waals surface area contributed by atoms with Crippen molar-refractivity contribution in [2.75, 3.05) is 10.6 Å². The summed E-state index contributed by atoms with van der Waals surface area (Å²) >= 11 is 1.46. The number of anilines is 2. The van der Waals surface area contributed by atoms with Crippen LogP contribution in [0.5, 0.6) is 0 Å². The van der Waals surface area contributed by atoms with Crippen molar-refractivity contribution in [3.63, 3.8) is 0 Å². The standard InChI is InChI=1S/C17H17N3O2S/c1-11(21)18-14-7-2-12(3-8-14)4-9-16(22)20-17-19-15(10-23-17)13-5-6-13/h2-4,7-10,13H,5-6H2,1H3,(H,18,21)(H,19,20,22)/b9-4+. The number of benzene rings is 1. The third-order valence-corrected chi connectivity index (χ3v) is 4.18. The van der Waals surface area contributed by atoms with Gasteiger partial charge in [0.1, 0.15) is 0 Å². The zero-order chi connectivity index (χ0) is 16.2. The van der Waals surface area contributed by atoms with Gasteiger partial charge in [-0.2, -0.15) is 0 Å². The molecule has 0 radical (unpaired) electrons. The molecule has 2 aromatic rings. The molecular formula is C17H17N3O2S. The molecule has 0 saturated heterocycles. The summed E-state index contributed by atoms with van der Waals surface area (Å²) in [5.41, 5.74) is 2.70. The molecule has 0 spiro atoms. The lowest BCUT2D eigenvalue weighted by Gasteiger charge is -2.01. The van der Waals surface area contributed by atoms with Crippen molar-refractivity contribution in [1.29, 1.82) is 0 Å². The summed E-state index contributed by atoms with van der Waals surface area (Å²) < 4.78 is 0. The fourth-order valence-electron chi connectivity index (χ4n) is 2.11. The van der Waals surface area contributed by atoms with Gasteiger partial charge >= 0.3 is 0 Å². The minimum Gasteiger partial charge on any atom is -0.326 e. The van der Waals surface area contributed by atoms with Crippen molar-refractivity contribution in [1.82, 2.24) is 4.98 Å². The van der Waals surface area contributed by atoms with Crippen molar-refractivity contribution < 1.29 is 9.59 Å². The predicted octanol–water partition coefficient (Wildman–Crippen LogP) is 3.63. The van der Waals surface area contributed by atoms with E-state index >= 15 is 0 Å². The quantitative estimate of drug-likeness (QED) is 0.824. The van der Waals surface area contributed by atoms with E-state index in [1.54, 1.807) is 18.2 Å². The van der Waals surface area contributed by atoms with Crippen LogP contribution in [0.15, 0.2) is 35.7 Å².